The van der Waals surface area contributed by atoms with Gasteiger partial charge in [0.25, 0.3) is 0 Å². The first-order valence-corrected chi connectivity index (χ1v) is 21.9. The highest BCUT2D eigenvalue weighted by Gasteiger charge is 2.36. The van der Waals surface area contributed by atoms with Crippen LogP contribution in [0.15, 0.2) is 72.8 Å². The van der Waals surface area contributed by atoms with Gasteiger partial charge < -0.3 is 23.5 Å². The summed E-state index contributed by atoms with van der Waals surface area (Å²) in [4.78, 5) is 0. The third kappa shape index (κ3) is 12.7. The van der Waals surface area contributed by atoms with Gasteiger partial charge in [-0.05, 0) is 134 Å². The smallest absolute Gasteiger partial charge is 0.211 e. The van der Waals surface area contributed by atoms with Crippen LogP contribution in [0, 0.1) is 23.3 Å². The van der Waals surface area contributed by atoms with Crippen molar-refractivity contribution in [3.63, 3.8) is 0 Å². The van der Waals surface area contributed by atoms with E-state index < -0.39 is 62.2 Å². The van der Waals surface area contributed by atoms with Crippen LogP contribution in [0.5, 0.6) is 0 Å². The molecule has 0 heterocycles. The van der Waals surface area contributed by atoms with Gasteiger partial charge in [-0.2, -0.15) is 0 Å². The van der Waals surface area contributed by atoms with Crippen molar-refractivity contribution < 1.29 is 53.7 Å². The Hall–Kier alpha value is -3.54. The van der Waals surface area contributed by atoms with Crippen molar-refractivity contribution in [1.29, 1.82) is 0 Å². The molecule has 1 aliphatic carbocycles. The number of halogens is 4. The molecule has 3 atom stereocenters. The van der Waals surface area contributed by atoms with Crippen molar-refractivity contribution in [1.82, 2.24) is 4.72 Å². The van der Waals surface area contributed by atoms with Gasteiger partial charge in [-0.3, -0.25) is 4.21 Å². The zero-order chi connectivity index (χ0) is 42.3. The Bertz CT molecular complexity index is 2140. The third-order valence-electron chi connectivity index (χ3n) is 10.1. The maximum atomic E-state index is 14.3. The summed E-state index contributed by atoms with van der Waals surface area (Å²) in [5, 5.41) is 0. The highest BCUT2D eigenvalue weighted by atomic mass is 32.2. The lowest BCUT2D eigenvalue weighted by Crippen LogP contribution is -2.35. The lowest BCUT2D eigenvalue weighted by Gasteiger charge is -2.36. The second kappa shape index (κ2) is 19.7. The standard InChI is InChI=1S/C43H51F4NO8S2/c1-42(2,53-5)13-17-56-43(3,4)12-14-48-58(51,52)19-7-16-55-41-39-25-29(31-22-34(46)27-35(47)23-31)9-11-37(39)36-10-8-28(30-20-32(44)26-33(45)21-30)24-38(36)40(41)54-15-6-18-57(49)50/h8-11,20-27,40-41,48H,6-7,12-19H2,1-5H3,(H,49,50)/p-1. The molecule has 316 valence electrons. The molecule has 1 N–H and O–H groups in total. The first-order chi connectivity index (χ1) is 27.3. The number of rotatable bonds is 21. The summed E-state index contributed by atoms with van der Waals surface area (Å²) >= 11 is -2.32. The van der Waals surface area contributed by atoms with Gasteiger partial charge >= 0.3 is 0 Å². The van der Waals surface area contributed by atoms with E-state index in [-0.39, 0.29) is 60.8 Å². The number of methoxy groups -OCH3 is 1. The Balaban J connectivity index is 1.40. The minimum absolute atomic E-state index is 0.0105. The number of ether oxygens (including phenoxy) is 4. The molecular formula is C43H50F4NO8S2-. The van der Waals surface area contributed by atoms with Crippen LogP contribution in [0.2, 0.25) is 0 Å². The number of benzene rings is 4. The topological polar surface area (TPSA) is 123 Å². The molecule has 1 aliphatic rings. The maximum absolute atomic E-state index is 14.3. The quantitative estimate of drug-likeness (QED) is 0.0501. The van der Waals surface area contributed by atoms with Gasteiger partial charge in [-0.25, -0.2) is 30.7 Å². The summed E-state index contributed by atoms with van der Waals surface area (Å²) in [6.45, 7) is 8.24. The monoisotopic (exact) mass is 848 g/mol. The summed E-state index contributed by atoms with van der Waals surface area (Å²) in [5.41, 5.74) is 3.09. The largest absolute Gasteiger partial charge is 0.772 e. The average Bonchev–Trinajstić information content (AvgIpc) is 3.14. The SMILES string of the molecule is COC(C)(C)CCOC(C)(C)CCNS(=O)(=O)CCCOC1c2cc(-c3cc(F)cc(F)c3)ccc2-c2ccc(-c3cc(F)cc(F)c3)cc2C1OCCCS(=O)[O-]. The van der Waals surface area contributed by atoms with E-state index in [4.69, 9.17) is 18.9 Å². The molecule has 15 heteroatoms. The molecule has 0 bridgehead atoms. The van der Waals surface area contributed by atoms with Crippen LogP contribution in [0.3, 0.4) is 0 Å². The van der Waals surface area contributed by atoms with E-state index in [1.165, 1.54) is 24.3 Å². The highest BCUT2D eigenvalue weighted by molar-refractivity contribution is 7.89. The number of sulfonamides is 1. The molecule has 0 saturated heterocycles. The van der Waals surface area contributed by atoms with Crippen LogP contribution in [-0.4, -0.2) is 73.4 Å². The number of hydrogen-bond acceptors (Lipinski definition) is 8. The summed E-state index contributed by atoms with van der Waals surface area (Å²) in [6.07, 6.45) is -0.507. The van der Waals surface area contributed by atoms with Gasteiger partial charge in [-0.1, -0.05) is 35.3 Å². The van der Waals surface area contributed by atoms with E-state index in [0.717, 1.165) is 12.1 Å². The van der Waals surface area contributed by atoms with E-state index in [1.807, 2.05) is 27.7 Å². The molecule has 58 heavy (non-hydrogen) atoms. The fourth-order valence-corrected chi connectivity index (χ4v) is 8.15. The van der Waals surface area contributed by atoms with Crippen molar-refractivity contribution >= 4 is 21.1 Å². The average molecular weight is 849 g/mol. The molecule has 0 aliphatic heterocycles. The van der Waals surface area contributed by atoms with Crippen molar-refractivity contribution in [2.24, 2.45) is 0 Å². The van der Waals surface area contributed by atoms with E-state index in [0.29, 0.717) is 52.8 Å². The van der Waals surface area contributed by atoms with Crippen molar-refractivity contribution in [3.8, 4) is 33.4 Å². The van der Waals surface area contributed by atoms with Gasteiger partial charge in [0.1, 0.15) is 35.5 Å². The number of hydrogen-bond donors (Lipinski definition) is 1. The van der Waals surface area contributed by atoms with E-state index in [2.05, 4.69) is 4.72 Å². The summed E-state index contributed by atoms with van der Waals surface area (Å²) in [5.74, 6) is -3.47. The summed E-state index contributed by atoms with van der Waals surface area (Å²) < 4.78 is 133. The summed E-state index contributed by atoms with van der Waals surface area (Å²) in [6, 6.07) is 16.8. The summed E-state index contributed by atoms with van der Waals surface area (Å²) in [7, 11) is -2.09. The third-order valence-corrected chi connectivity index (χ3v) is 12.2. The molecule has 4 aromatic carbocycles. The van der Waals surface area contributed by atoms with E-state index in [1.54, 1.807) is 43.5 Å². The molecule has 0 spiro atoms. The Morgan fingerprint density at radius 1 is 0.672 bits per heavy atom. The fourth-order valence-electron chi connectivity index (χ4n) is 6.74. The Morgan fingerprint density at radius 3 is 1.62 bits per heavy atom. The van der Waals surface area contributed by atoms with Gasteiger partial charge in [0.05, 0.1) is 23.6 Å². The zero-order valence-electron chi connectivity index (χ0n) is 33.2. The molecule has 0 radical (unpaired) electrons. The fraction of sp³-hybridized carbons (Fsp3) is 0.442. The molecule has 0 aromatic heterocycles. The second-order valence-corrected chi connectivity index (χ2v) is 18.4. The molecule has 0 saturated carbocycles. The van der Waals surface area contributed by atoms with Crippen LogP contribution >= 0.6 is 0 Å². The van der Waals surface area contributed by atoms with Gasteiger partial charge in [0.15, 0.2) is 0 Å². The molecule has 4 aromatic rings. The zero-order valence-corrected chi connectivity index (χ0v) is 34.9. The minimum Gasteiger partial charge on any atom is -0.772 e. The Morgan fingerprint density at radius 2 is 1.16 bits per heavy atom. The van der Waals surface area contributed by atoms with Crippen LogP contribution in [0.4, 0.5) is 17.6 Å². The second-order valence-electron chi connectivity index (χ2n) is 15.5. The molecule has 0 amide bonds. The van der Waals surface area contributed by atoms with E-state index in [9.17, 15) is 34.7 Å². The molecule has 0 fully saturated rings. The number of fused-ring (bicyclic) bond motifs is 3. The van der Waals surface area contributed by atoms with Crippen molar-refractivity contribution in [2.75, 3.05) is 45.0 Å². The normalized spacial score (nSPS) is 16.2. The molecular weight excluding hydrogens is 799 g/mol. The van der Waals surface area contributed by atoms with E-state index >= 15 is 0 Å². The Kier molecular flexibility index (Phi) is 15.5. The van der Waals surface area contributed by atoms with Crippen LogP contribution in [-0.2, 0) is 40.1 Å². The van der Waals surface area contributed by atoms with Crippen LogP contribution in [0.1, 0.15) is 76.7 Å². The molecule has 5 rings (SSSR count). The van der Waals surface area contributed by atoms with Crippen LogP contribution in [0.25, 0.3) is 33.4 Å². The predicted octanol–water partition coefficient (Wildman–Crippen LogP) is 8.95. The van der Waals surface area contributed by atoms with Gasteiger partial charge in [0.2, 0.25) is 10.0 Å². The Labute approximate surface area is 340 Å². The van der Waals surface area contributed by atoms with Crippen LogP contribution < -0.4 is 4.72 Å². The van der Waals surface area contributed by atoms with Crippen molar-refractivity contribution in [3.05, 3.63) is 107 Å². The minimum atomic E-state index is -3.72. The van der Waals surface area contributed by atoms with Gasteiger partial charge in [-0.15, -0.1) is 0 Å². The predicted molar refractivity (Wildman–Crippen MR) is 215 cm³/mol. The van der Waals surface area contributed by atoms with Gasteiger partial charge in [0, 0.05) is 44.8 Å². The molecule has 9 nitrogen and oxygen atoms in total. The van der Waals surface area contributed by atoms with Crippen molar-refractivity contribution in [2.45, 2.75) is 76.8 Å². The maximum Gasteiger partial charge on any atom is 0.211 e. The highest BCUT2D eigenvalue weighted by Crippen LogP contribution is 2.50. The first kappa shape index (κ1) is 45.5. The lowest BCUT2D eigenvalue weighted by atomic mass is 9.79. The molecule has 3 unspecified atom stereocenters. The first-order valence-electron chi connectivity index (χ1n) is 19.0. The number of nitrogens with one attached hydrogen (secondary N) is 1. The lowest BCUT2D eigenvalue weighted by molar-refractivity contribution is -0.0788.